The van der Waals surface area contributed by atoms with Crippen LogP contribution in [0, 0.1) is 11.3 Å². The second-order valence-electron chi connectivity index (χ2n) is 9.51. The molecule has 2 heterocycles. The molecular formula is C26H34F2N5O5P. The summed E-state index contributed by atoms with van der Waals surface area (Å²) in [5, 5.41) is 11.4. The highest BCUT2D eigenvalue weighted by atomic mass is 31.2. The Balaban J connectivity index is 1.85. The van der Waals surface area contributed by atoms with Crippen LogP contribution in [0.5, 0.6) is 0 Å². The third-order valence-electron chi connectivity index (χ3n) is 5.98. The van der Waals surface area contributed by atoms with Crippen molar-refractivity contribution in [3.8, 4) is 6.07 Å². The van der Waals surface area contributed by atoms with Gasteiger partial charge in [-0.25, -0.2) is 9.46 Å². The van der Waals surface area contributed by atoms with E-state index in [0.717, 1.165) is 6.20 Å². The molecule has 2 aromatic rings. The molecule has 39 heavy (non-hydrogen) atoms. The Morgan fingerprint density at radius 2 is 1.92 bits per heavy atom. The molecular weight excluding hydrogens is 531 g/mol. The number of amides is 1. The Kier molecular flexibility index (Phi) is 10.6. The van der Waals surface area contributed by atoms with Gasteiger partial charge in [0.05, 0.1) is 25.2 Å². The van der Waals surface area contributed by atoms with Crippen LogP contribution in [-0.2, 0) is 13.8 Å². The second kappa shape index (κ2) is 13.5. The van der Waals surface area contributed by atoms with Gasteiger partial charge in [-0.2, -0.15) is 19.0 Å². The Morgan fingerprint density at radius 1 is 1.26 bits per heavy atom. The van der Waals surface area contributed by atoms with Crippen LogP contribution in [-0.4, -0.2) is 56.9 Å². The van der Waals surface area contributed by atoms with Gasteiger partial charge in [0, 0.05) is 23.8 Å². The molecule has 0 spiro atoms. The number of nitrogens with zero attached hydrogens (tertiary/aromatic N) is 4. The van der Waals surface area contributed by atoms with Crippen LogP contribution < -0.4 is 11.0 Å². The first kappa shape index (κ1) is 30.7. The number of aromatic nitrogens is 2. The Labute approximate surface area is 227 Å². The third-order valence-corrected chi connectivity index (χ3v) is 8.09. The van der Waals surface area contributed by atoms with Gasteiger partial charge in [-0.15, -0.1) is 0 Å². The third kappa shape index (κ3) is 7.24. The molecule has 0 radical (unpaired) electrons. The molecule has 4 atom stereocenters. The van der Waals surface area contributed by atoms with Gasteiger partial charge < -0.3 is 19.1 Å². The standard InChI is InChI=1S/C26H34F2N5O5P/c1-6-20-22(38-39(36-16-10-14-29)33(17(2)3)18(4)5)26(27,28)24(37-20)32-15-13-21(31-25(32)35)30-23(34)19-11-8-7-9-12-19/h7-9,11-13,15,17-18,20,22,24H,6,10,16H2,1-5H3,(H,30,31,34,35)/t20-,22-,24-,39?/m1/s1. The van der Waals surface area contributed by atoms with E-state index in [2.05, 4.69) is 10.3 Å². The average molecular weight is 566 g/mol. The smallest absolute Gasteiger partial charge is 0.345 e. The van der Waals surface area contributed by atoms with E-state index in [9.17, 15) is 9.59 Å². The molecule has 1 aromatic carbocycles. The molecule has 1 fully saturated rings. The molecule has 1 saturated heterocycles. The van der Waals surface area contributed by atoms with Crippen LogP contribution in [0.1, 0.15) is 64.0 Å². The van der Waals surface area contributed by atoms with E-state index in [1.807, 2.05) is 38.4 Å². The summed E-state index contributed by atoms with van der Waals surface area (Å²) in [6, 6.07) is 11.4. The lowest BCUT2D eigenvalue weighted by molar-refractivity contribution is -0.137. The molecule has 10 nitrogen and oxygen atoms in total. The number of halogens is 2. The van der Waals surface area contributed by atoms with Gasteiger partial charge in [-0.3, -0.25) is 9.36 Å². The first-order valence-corrected chi connectivity index (χ1v) is 13.9. The highest BCUT2D eigenvalue weighted by Crippen LogP contribution is 2.54. The van der Waals surface area contributed by atoms with Crippen molar-refractivity contribution < 1.29 is 27.4 Å². The number of carbonyl (C=O) groups excluding carboxylic acids is 1. The maximum absolute atomic E-state index is 15.9. The number of carbonyl (C=O) groups is 1. The fourth-order valence-corrected chi connectivity index (χ4v) is 6.02. The molecule has 1 aliphatic heterocycles. The summed E-state index contributed by atoms with van der Waals surface area (Å²) in [4.78, 5) is 29.0. The highest BCUT2D eigenvalue weighted by molar-refractivity contribution is 7.44. The fourth-order valence-electron chi connectivity index (χ4n) is 4.25. The molecule has 1 aliphatic rings. The quantitative estimate of drug-likeness (QED) is 0.279. The summed E-state index contributed by atoms with van der Waals surface area (Å²) in [5.74, 6) is -4.20. The molecule has 1 aromatic heterocycles. The van der Waals surface area contributed by atoms with Crippen molar-refractivity contribution in [1.29, 1.82) is 5.26 Å². The van der Waals surface area contributed by atoms with E-state index < -0.39 is 44.5 Å². The molecule has 0 aliphatic carbocycles. The lowest BCUT2D eigenvalue weighted by Gasteiger charge is -2.38. The summed E-state index contributed by atoms with van der Waals surface area (Å²) in [6.45, 7) is 9.32. The van der Waals surface area contributed by atoms with Crippen LogP contribution >= 0.6 is 8.53 Å². The summed E-state index contributed by atoms with van der Waals surface area (Å²) < 4.78 is 51.8. The van der Waals surface area contributed by atoms with Crippen molar-refractivity contribution in [2.24, 2.45) is 0 Å². The van der Waals surface area contributed by atoms with Crippen LogP contribution in [0.2, 0.25) is 0 Å². The maximum atomic E-state index is 15.9. The number of rotatable bonds is 12. The molecule has 1 N–H and O–H groups in total. The number of anilines is 1. The Morgan fingerprint density at radius 3 is 2.49 bits per heavy atom. The van der Waals surface area contributed by atoms with E-state index in [1.54, 1.807) is 37.3 Å². The SMILES string of the molecule is CC[C@H]1O[C@@H](n2ccc(NC(=O)c3ccccc3)nc2=O)C(F)(F)[C@@H]1OP(OCCC#N)N(C(C)C)C(C)C. The van der Waals surface area contributed by atoms with Gasteiger partial charge in [0.2, 0.25) is 6.23 Å². The highest BCUT2D eigenvalue weighted by Gasteiger charge is 2.61. The van der Waals surface area contributed by atoms with Crippen molar-refractivity contribution in [2.75, 3.05) is 11.9 Å². The fraction of sp³-hybridized carbons (Fsp3) is 0.538. The van der Waals surface area contributed by atoms with Crippen LogP contribution in [0.3, 0.4) is 0 Å². The summed E-state index contributed by atoms with van der Waals surface area (Å²) in [6.07, 6.45) is -3.35. The van der Waals surface area contributed by atoms with E-state index in [4.69, 9.17) is 19.0 Å². The minimum absolute atomic E-state index is 0.0249. The zero-order chi connectivity index (χ0) is 28.7. The maximum Gasteiger partial charge on any atom is 0.351 e. The zero-order valence-electron chi connectivity index (χ0n) is 22.6. The number of hydrogen-bond acceptors (Lipinski definition) is 8. The molecule has 1 unspecified atom stereocenters. The topological polar surface area (TPSA) is 119 Å². The summed E-state index contributed by atoms with van der Waals surface area (Å²) >= 11 is 0. The number of alkyl halides is 2. The summed E-state index contributed by atoms with van der Waals surface area (Å²) in [5.41, 5.74) is -0.662. The first-order valence-electron chi connectivity index (χ1n) is 12.7. The van der Waals surface area contributed by atoms with Gasteiger partial charge >= 0.3 is 11.6 Å². The lowest BCUT2D eigenvalue weighted by atomic mass is 10.1. The molecule has 3 rings (SSSR count). The minimum Gasteiger partial charge on any atom is -0.345 e. The van der Waals surface area contributed by atoms with Crippen LogP contribution in [0.25, 0.3) is 0 Å². The van der Waals surface area contributed by atoms with Gasteiger partial charge in [-0.05, 0) is 52.3 Å². The van der Waals surface area contributed by atoms with Gasteiger partial charge in [0.25, 0.3) is 14.4 Å². The van der Waals surface area contributed by atoms with E-state index in [0.29, 0.717) is 10.1 Å². The molecule has 1 amide bonds. The Hall–Kier alpha value is -2.81. The molecule has 212 valence electrons. The molecule has 0 bridgehead atoms. The van der Waals surface area contributed by atoms with Crippen LogP contribution in [0.15, 0.2) is 47.4 Å². The number of hydrogen-bond donors (Lipinski definition) is 1. The van der Waals surface area contributed by atoms with Crippen molar-refractivity contribution in [3.63, 3.8) is 0 Å². The number of ether oxygens (including phenoxy) is 1. The molecule has 13 heteroatoms. The minimum atomic E-state index is -3.63. The van der Waals surface area contributed by atoms with Gasteiger partial charge in [0.1, 0.15) is 5.82 Å². The van der Waals surface area contributed by atoms with Crippen molar-refractivity contribution >= 4 is 20.3 Å². The Bertz CT molecular complexity index is 1200. The molecule has 0 saturated carbocycles. The van der Waals surface area contributed by atoms with E-state index >= 15 is 8.78 Å². The second-order valence-corrected chi connectivity index (χ2v) is 10.9. The van der Waals surface area contributed by atoms with E-state index in [-0.39, 0.29) is 37.4 Å². The monoisotopic (exact) mass is 565 g/mol. The predicted octanol–water partition coefficient (Wildman–Crippen LogP) is 5.10. The normalized spacial score (nSPS) is 21.3. The number of benzene rings is 1. The largest absolute Gasteiger partial charge is 0.351 e. The number of nitrogens with one attached hydrogen (secondary N) is 1. The van der Waals surface area contributed by atoms with Crippen LogP contribution in [0.4, 0.5) is 14.6 Å². The average Bonchev–Trinajstić information content (AvgIpc) is 3.13. The first-order chi connectivity index (χ1) is 18.5. The zero-order valence-corrected chi connectivity index (χ0v) is 23.5. The predicted molar refractivity (Wildman–Crippen MR) is 142 cm³/mol. The van der Waals surface area contributed by atoms with Crippen molar-refractivity contribution in [3.05, 3.63) is 58.6 Å². The van der Waals surface area contributed by atoms with Crippen molar-refractivity contribution in [1.82, 2.24) is 14.2 Å². The van der Waals surface area contributed by atoms with Gasteiger partial charge in [0.15, 0.2) is 6.10 Å². The van der Waals surface area contributed by atoms with Crippen molar-refractivity contribution in [2.45, 2.75) is 83.9 Å². The van der Waals surface area contributed by atoms with Gasteiger partial charge in [-0.1, -0.05) is 25.1 Å². The summed E-state index contributed by atoms with van der Waals surface area (Å²) in [7, 11) is -1.98. The lowest BCUT2D eigenvalue weighted by Crippen LogP contribution is -2.44. The van der Waals surface area contributed by atoms with E-state index in [1.165, 1.54) is 6.07 Å². The number of nitriles is 1.